The Balaban J connectivity index is 2.53. The number of aliphatic carboxylic acids is 1. The molecule has 0 radical (unpaired) electrons. The van der Waals surface area contributed by atoms with E-state index < -0.39 is 11.4 Å². The number of carboxylic acid groups (broad SMARTS) is 1. The average molecular weight is 219 g/mol. The van der Waals surface area contributed by atoms with Crippen LogP contribution in [0.5, 0.6) is 0 Å². The Bertz CT molecular complexity index is 528. The first-order chi connectivity index (χ1) is 7.50. The van der Waals surface area contributed by atoms with E-state index in [4.69, 9.17) is 9.52 Å². The molecule has 0 aliphatic heterocycles. The van der Waals surface area contributed by atoms with Crippen LogP contribution >= 0.6 is 0 Å². The number of hydrogen-bond acceptors (Lipinski definition) is 3. The van der Waals surface area contributed by atoms with Gasteiger partial charge in [0.15, 0.2) is 12.0 Å². The summed E-state index contributed by atoms with van der Waals surface area (Å²) in [5.41, 5.74) is 1.85. The molecule has 0 atom stereocenters. The summed E-state index contributed by atoms with van der Waals surface area (Å²) in [5, 5.41) is 8.89. The molecular formula is C12H13NO3. The largest absolute Gasteiger partial charge is 0.481 e. The number of fused-ring (bicyclic) bond motifs is 1. The van der Waals surface area contributed by atoms with E-state index in [9.17, 15) is 4.79 Å². The molecule has 0 spiro atoms. The van der Waals surface area contributed by atoms with Crippen LogP contribution in [0.2, 0.25) is 0 Å². The van der Waals surface area contributed by atoms with Gasteiger partial charge < -0.3 is 9.52 Å². The molecule has 0 amide bonds. The van der Waals surface area contributed by atoms with E-state index in [0.29, 0.717) is 5.58 Å². The summed E-state index contributed by atoms with van der Waals surface area (Å²) in [7, 11) is 0. The zero-order chi connectivity index (χ0) is 11.8. The van der Waals surface area contributed by atoms with Gasteiger partial charge in [0, 0.05) is 11.0 Å². The average Bonchev–Trinajstić information content (AvgIpc) is 2.62. The number of carboxylic acids is 1. The quantitative estimate of drug-likeness (QED) is 0.861. The van der Waals surface area contributed by atoms with Gasteiger partial charge in [0.1, 0.15) is 5.52 Å². The first-order valence-electron chi connectivity index (χ1n) is 5.05. The normalized spacial score (nSPS) is 11.9. The molecule has 0 fully saturated rings. The molecule has 0 saturated heterocycles. The number of aromatic nitrogens is 1. The first-order valence-corrected chi connectivity index (χ1v) is 5.05. The van der Waals surface area contributed by atoms with E-state index in [1.165, 1.54) is 6.39 Å². The van der Waals surface area contributed by atoms with Gasteiger partial charge in [-0.1, -0.05) is 26.0 Å². The second kappa shape index (κ2) is 3.63. The number of carbonyl (C=O) groups is 1. The van der Waals surface area contributed by atoms with Gasteiger partial charge in [-0.3, -0.25) is 4.79 Å². The van der Waals surface area contributed by atoms with Crippen molar-refractivity contribution in [1.29, 1.82) is 0 Å². The third-order valence-electron chi connectivity index (χ3n) is 2.68. The predicted octanol–water partition coefficient (Wildman–Crippen LogP) is 2.58. The van der Waals surface area contributed by atoms with Crippen molar-refractivity contribution in [2.75, 3.05) is 0 Å². The highest BCUT2D eigenvalue weighted by atomic mass is 16.4. The molecule has 0 bridgehead atoms. The predicted molar refractivity (Wildman–Crippen MR) is 59.3 cm³/mol. The molecule has 16 heavy (non-hydrogen) atoms. The Kier molecular flexibility index (Phi) is 2.42. The van der Waals surface area contributed by atoms with Crippen LogP contribution in [-0.4, -0.2) is 16.1 Å². The summed E-state index contributed by atoms with van der Waals surface area (Å²) < 4.78 is 5.31. The maximum absolute atomic E-state index is 10.8. The Labute approximate surface area is 92.9 Å². The molecule has 0 aliphatic rings. The molecule has 84 valence electrons. The molecule has 1 aromatic carbocycles. The van der Waals surface area contributed by atoms with E-state index >= 15 is 0 Å². The van der Waals surface area contributed by atoms with E-state index in [1.807, 2.05) is 32.0 Å². The van der Waals surface area contributed by atoms with Crippen molar-refractivity contribution in [3.05, 3.63) is 30.2 Å². The van der Waals surface area contributed by atoms with Gasteiger partial charge in [0.25, 0.3) is 0 Å². The van der Waals surface area contributed by atoms with Crippen LogP contribution < -0.4 is 0 Å². The van der Waals surface area contributed by atoms with E-state index in [1.54, 1.807) is 0 Å². The third kappa shape index (κ3) is 1.78. The van der Waals surface area contributed by atoms with Crippen molar-refractivity contribution in [2.45, 2.75) is 25.7 Å². The fourth-order valence-corrected chi connectivity index (χ4v) is 1.89. The van der Waals surface area contributed by atoms with Crippen LogP contribution in [-0.2, 0) is 10.2 Å². The molecule has 2 aromatic rings. The fourth-order valence-electron chi connectivity index (χ4n) is 1.89. The molecule has 1 N–H and O–H groups in total. The minimum absolute atomic E-state index is 0.0623. The molecule has 4 nitrogen and oxygen atoms in total. The van der Waals surface area contributed by atoms with Gasteiger partial charge >= 0.3 is 5.97 Å². The van der Waals surface area contributed by atoms with Gasteiger partial charge in [-0.25, -0.2) is 4.98 Å². The standard InChI is InChI=1S/C12H13NO3/c1-12(2,6-10(14)15)8-4-3-5-9-11(8)16-7-13-9/h3-5,7H,6H2,1-2H3,(H,14,15). The number of para-hydroxylation sites is 1. The minimum Gasteiger partial charge on any atom is -0.481 e. The lowest BCUT2D eigenvalue weighted by Crippen LogP contribution is -2.21. The number of nitrogens with zero attached hydrogens (tertiary/aromatic N) is 1. The monoisotopic (exact) mass is 219 g/mol. The smallest absolute Gasteiger partial charge is 0.304 e. The summed E-state index contributed by atoms with van der Waals surface area (Å²) in [6.45, 7) is 3.77. The topological polar surface area (TPSA) is 63.3 Å². The van der Waals surface area contributed by atoms with E-state index in [-0.39, 0.29) is 6.42 Å². The van der Waals surface area contributed by atoms with Gasteiger partial charge in [0.05, 0.1) is 6.42 Å². The SMILES string of the molecule is CC(C)(CC(=O)O)c1cccc2ncoc12. The Morgan fingerprint density at radius 3 is 2.94 bits per heavy atom. The zero-order valence-electron chi connectivity index (χ0n) is 9.23. The fraction of sp³-hybridized carbons (Fsp3) is 0.333. The van der Waals surface area contributed by atoms with Gasteiger partial charge in [-0.2, -0.15) is 0 Å². The lowest BCUT2D eigenvalue weighted by molar-refractivity contribution is -0.138. The van der Waals surface area contributed by atoms with Crippen LogP contribution in [0, 0.1) is 0 Å². The molecule has 1 heterocycles. The highest BCUT2D eigenvalue weighted by Crippen LogP contribution is 2.32. The molecule has 0 saturated carbocycles. The second-order valence-electron chi connectivity index (χ2n) is 4.46. The minimum atomic E-state index is -0.818. The summed E-state index contributed by atoms with van der Waals surface area (Å²) in [6.07, 6.45) is 1.44. The number of hydrogen-bond donors (Lipinski definition) is 1. The maximum atomic E-state index is 10.8. The summed E-state index contributed by atoms with van der Waals surface area (Å²) >= 11 is 0. The van der Waals surface area contributed by atoms with Crippen molar-refractivity contribution in [3.63, 3.8) is 0 Å². The van der Waals surface area contributed by atoms with Crippen LogP contribution in [0.15, 0.2) is 29.0 Å². The summed E-state index contributed by atoms with van der Waals surface area (Å²) in [4.78, 5) is 14.9. The maximum Gasteiger partial charge on any atom is 0.304 e. The molecule has 1 aromatic heterocycles. The highest BCUT2D eigenvalue weighted by Gasteiger charge is 2.27. The van der Waals surface area contributed by atoms with Crippen molar-refractivity contribution in [1.82, 2.24) is 4.98 Å². The zero-order valence-corrected chi connectivity index (χ0v) is 9.23. The molecule has 0 unspecified atom stereocenters. The van der Waals surface area contributed by atoms with Crippen molar-refractivity contribution in [3.8, 4) is 0 Å². The molecular weight excluding hydrogens is 206 g/mol. The highest BCUT2D eigenvalue weighted by molar-refractivity contribution is 5.78. The number of rotatable bonds is 3. The lowest BCUT2D eigenvalue weighted by atomic mass is 9.81. The van der Waals surface area contributed by atoms with Gasteiger partial charge in [-0.05, 0) is 6.07 Å². The van der Waals surface area contributed by atoms with Gasteiger partial charge in [-0.15, -0.1) is 0 Å². The lowest BCUT2D eigenvalue weighted by Gasteiger charge is -2.22. The summed E-state index contributed by atoms with van der Waals surface area (Å²) in [6, 6.07) is 5.60. The Morgan fingerprint density at radius 1 is 1.50 bits per heavy atom. The third-order valence-corrected chi connectivity index (χ3v) is 2.68. The Morgan fingerprint density at radius 2 is 2.25 bits per heavy atom. The molecule has 2 rings (SSSR count). The molecule has 0 aliphatic carbocycles. The van der Waals surface area contributed by atoms with Crippen LogP contribution in [0.25, 0.3) is 11.1 Å². The van der Waals surface area contributed by atoms with Crippen molar-refractivity contribution < 1.29 is 14.3 Å². The Hall–Kier alpha value is -1.84. The van der Waals surface area contributed by atoms with Crippen LogP contribution in [0.4, 0.5) is 0 Å². The van der Waals surface area contributed by atoms with Crippen molar-refractivity contribution in [2.24, 2.45) is 0 Å². The van der Waals surface area contributed by atoms with Crippen LogP contribution in [0.3, 0.4) is 0 Å². The van der Waals surface area contributed by atoms with E-state index in [0.717, 1.165) is 11.1 Å². The second-order valence-corrected chi connectivity index (χ2v) is 4.46. The summed E-state index contributed by atoms with van der Waals surface area (Å²) in [5.74, 6) is -0.818. The molecule has 4 heteroatoms. The van der Waals surface area contributed by atoms with Gasteiger partial charge in [0.2, 0.25) is 0 Å². The number of benzene rings is 1. The van der Waals surface area contributed by atoms with Crippen molar-refractivity contribution >= 4 is 17.1 Å². The van der Waals surface area contributed by atoms with Crippen LogP contribution in [0.1, 0.15) is 25.8 Å². The number of oxazole rings is 1. The first kappa shape index (κ1) is 10.7. The van der Waals surface area contributed by atoms with E-state index in [2.05, 4.69) is 4.98 Å².